The van der Waals surface area contributed by atoms with Crippen LogP contribution in [0.15, 0.2) is 18.2 Å². The van der Waals surface area contributed by atoms with Gasteiger partial charge in [0.1, 0.15) is 10.7 Å². The molecule has 0 aromatic heterocycles. The number of carbonyl (C=O) groups is 1. The van der Waals surface area contributed by atoms with E-state index in [9.17, 15) is 14.9 Å². The minimum atomic E-state index is -0.549. The lowest BCUT2D eigenvalue weighted by molar-refractivity contribution is -0.383. The summed E-state index contributed by atoms with van der Waals surface area (Å²) in [4.78, 5) is 23.8. The predicted molar refractivity (Wildman–Crippen MR) is 72.4 cm³/mol. The van der Waals surface area contributed by atoms with Gasteiger partial charge in [0.2, 0.25) is 5.91 Å². The smallest absolute Gasteiger partial charge is 0.306 e. The first-order valence-corrected chi connectivity index (χ1v) is 6.83. The topological polar surface area (TPSA) is 63.5 Å². The van der Waals surface area contributed by atoms with E-state index in [-0.39, 0.29) is 28.2 Å². The second-order valence-electron chi connectivity index (χ2n) is 4.09. The molecule has 0 saturated carbocycles. The van der Waals surface area contributed by atoms with Crippen molar-refractivity contribution in [3.05, 3.63) is 33.3 Å². The Bertz CT molecular complexity index is 509. The second kappa shape index (κ2) is 5.24. The van der Waals surface area contributed by atoms with Gasteiger partial charge < -0.3 is 4.90 Å². The molecule has 0 bridgehead atoms. The van der Waals surface area contributed by atoms with E-state index in [1.807, 2.05) is 0 Å². The Morgan fingerprint density at radius 2 is 2.28 bits per heavy atom. The van der Waals surface area contributed by atoms with E-state index in [2.05, 4.69) is 15.9 Å². The van der Waals surface area contributed by atoms with E-state index in [1.54, 1.807) is 12.1 Å². The fourth-order valence-corrected chi connectivity index (χ4v) is 2.69. The molecule has 1 aromatic rings. The van der Waals surface area contributed by atoms with Crippen LogP contribution in [-0.2, 0) is 4.79 Å². The molecule has 1 aliphatic heterocycles. The van der Waals surface area contributed by atoms with Crippen LogP contribution in [0.5, 0.6) is 0 Å². The zero-order valence-electron chi connectivity index (χ0n) is 9.31. The molecule has 5 nitrogen and oxygen atoms in total. The molecule has 7 heteroatoms. The summed E-state index contributed by atoms with van der Waals surface area (Å²) in [6.07, 6.45) is 0.398. The SMILES string of the molecule is O=C1CC(CBr)CN1c1cccc(Cl)c1[N+](=O)[O-]. The Hall–Kier alpha value is -1.14. The molecule has 2 rings (SSSR count). The number of hydrogen-bond acceptors (Lipinski definition) is 3. The van der Waals surface area contributed by atoms with Crippen molar-refractivity contribution in [1.82, 2.24) is 0 Å². The number of nitro benzene ring substituents is 1. The van der Waals surface area contributed by atoms with Gasteiger partial charge in [0.15, 0.2) is 0 Å². The van der Waals surface area contributed by atoms with Crippen LogP contribution in [-0.4, -0.2) is 22.7 Å². The number of para-hydroxylation sites is 1. The minimum Gasteiger partial charge on any atom is -0.306 e. The Morgan fingerprint density at radius 3 is 2.83 bits per heavy atom. The number of nitrogens with zero attached hydrogens (tertiary/aromatic N) is 2. The summed E-state index contributed by atoms with van der Waals surface area (Å²) in [5, 5.41) is 11.8. The quantitative estimate of drug-likeness (QED) is 0.485. The van der Waals surface area contributed by atoms with E-state index >= 15 is 0 Å². The van der Waals surface area contributed by atoms with E-state index in [0.717, 1.165) is 0 Å². The molecule has 1 saturated heterocycles. The maximum Gasteiger partial charge on any atom is 0.311 e. The molecule has 1 aromatic carbocycles. The van der Waals surface area contributed by atoms with Crippen LogP contribution >= 0.6 is 27.5 Å². The molecule has 0 aliphatic carbocycles. The molecule has 1 amide bonds. The van der Waals surface area contributed by atoms with Crippen LogP contribution in [0.25, 0.3) is 0 Å². The number of amides is 1. The lowest BCUT2D eigenvalue weighted by atomic mass is 10.2. The van der Waals surface area contributed by atoms with Gasteiger partial charge >= 0.3 is 5.69 Å². The van der Waals surface area contributed by atoms with Gasteiger partial charge in [-0.05, 0) is 18.1 Å². The molecule has 1 fully saturated rings. The normalized spacial score (nSPS) is 19.3. The average Bonchev–Trinajstić information content (AvgIpc) is 2.69. The Labute approximate surface area is 117 Å². The van der Waals surface area contributed by atoms with Gasteiger partial charge in [-0.3, -0.25) is 14.9 Å². The maximum atomic E-state index is 11.9. The van der Waals surface area contributed by atoms with Crippen LogP contribution in [0.3, 0.4) is 0 Å². The van der Waals surface area contributed by atoms with Crippen LogP contribution < -0.4 is 4.90 Å². The lowest BCUT2D eigenvalue weighted by Crippen LogP contribution is -2.25. The largest absolute Gasteiger partial charge is 0.311 e. The van der Waals surface area contributed by atoms with Crippen molar-refractivity contribution in [3.8, 4) is 0 Å². The standard InChI is InChI=1S/C11H10BrClN2O3/c12-5-7-4-10(16)14(6-7)9-3-1-2-8(13)11(9)15(17)18/h1-3,7H,4-6H2. The van der Waals surface area contributed by atoms with Crippen molar-refractivity contribution in [2.45, 2.75) is 6.42 Å². The Balaban J connectivity index is 2.43. The first kappa shape index (κ1) is 13.3. The van der Waals surface area contributed by atoms with Crippen molar-refractivity contribution in [3.63, 3.8) is 0 Å². The highest BCUT2D eigenvalue weighted by Crippen LogP contribution is 2.37. The fourth-order valence-electron chi connectivity index (χ4n) is 2.02. The van der Waals surface area contributed by atoms with E-state index < -0.39 is 4.92 Å². The lowest BCUT2D eigenvalue weighted by Gasteiger charge is -2.16. The molecule has 1 unspecified atom stereocenters. The first-order chi connectivity index (χ1) is 8.54. The van der Waals surface area contributed by atoms with Crippen molar-refractivity contribution < 1.29 is 9.72 Å². The van der Waals surface area contributed by atoms with E-state index in [0.29, 0.717) is 18.3 Å². The summed E-state index contributed by atoms with van der Waals surface area (Å²) in [6.45, 7) is 0.477. The Kier molecular flexibility index (Phi) is 3.87. The molecular formula is C11H10BrClN2O3. The molecule has 18 heavy (non-hydrogen) atoms. The number of benzene rings is 1. The summed E-state index contributed by atoms with van der Waals surface area (Å²) in [7, 11) is 0. The number of carbonyl (C=O) groups excluding carboxylic acids is 1. The van der Waals surface area contributed by atoms with Crippen molar-refractivity contribution >= 4 is 44.8 Å². The minimum absolute atomic E-state index is 0.0487. The first-order valence-electron chi connectivity index (χ1n) is 5.33. The van der Waals surface area contributed by atoms with Crippen LogP contribution in [0.4, 0.5) is 11.4 Å². The van der Waals surface area contributed by atoms with Crippen molar-refractivity contribution in [2.24, 2.45) is 5.92 Å². The summed E-state index contributed by atoms with van der Waals surface area (Å²) < 4.78 is 0. The third-order valence-corrected chi connectivity index (χ3v) is 4.08. The average molecular weight is 334 g/mol. The third-order valence-electron chi connectivity index (χ3n) is 2.86. The maximum absolute atomic E-state index is 11.9. The molecule has 1 atom stereocenters. The second-order valence-corrected chi connectivity index (χ2v) is 5.15. The van der Waals surface area contributed by atoms with Gasteiger partial charge in [-0.1, -0.05) is 33.6 Å². The van der Waals surface area contributed by atoms with Crippen LogP contribution in [0.1, 0.15) is 6.42 Å². The van der Waals surface area contributed by atoms with E-state index in [1.165, 1.54) is 11.0 Å². The summed E-state index contributed by atoms with van der Waals surface area (Å²) in [5.74, 6) is 0.0703. The van der Waals surface area contributed by atoms with Crippen molar-refractivity contribution in [1.29, 1.82) is 0 Å². The van der Waals surface area contributed by atoms with Gasteiger partial charge in [-0.25, -0.2) is 0 Å². The third kappa shape index (κ3) is 2.35. The van der Waals surface area contributed by atoms with Crippen LogP contribution in [0.2, 0.25) is 5.02 Å². The highest BCUT2D eigenvalue weighted by atomic mass is 79.9. The number of halogens is 2. The summed E-state index contributed by atoms with van der Waals surface area (Å²) in [5.41, 5.74) is 0.0729. The van der Waals surface area contributed by atoms with E-state index in [4.69, 9.17) is 11.6 Å². The number of anilines is 1. The van der Waals surface area contributed by atoms with Crippen LogP contribution in [0, 0.1) is 16.0 Å². The summed E-state index contributed by atoms with van der Waals surface area (Å²) >= 11 is 9.16. The zero-order valence-corrected chi connectivity index (χ0v) is 11.6. The van der Waals surface area contributed by atoms with Crippen molar-refractivity contribution in [2.75, 3.05) is 16.8 Å². The monoisotopic (exact) mass is 332 g/mol. The highest BCUT2D eigenvalue weighted by molar-refractivity contribution is 9.09. The number of nitro groups is 1. The molecule has 96 valence electrons. The number of rotatable bonds is 3. The summed E-state index contributed by atoms with van der Waals surface area (Å²) in [6, 6.07) is 4.61. The van der Waals surface area contributed by atoms with Gasteiger partial charge in [0.05, 0.1) is 4.92 Å². The molecule has 0 N–H and O–H groups in total. The zero-order chi connectivity index (χ0) is 13.3. The molecular weight excluding hydrogens is 323 g/mol. The predicted octanol–water partition coefficient (Wildman–Crippen LogP) is 3.00. The van der Waals surface area contributed by atoms with Gasteiger partial charge in [0.25, 0.3) is 0 Å². The molecule has 1 heterocycles. The molecule has 0 spiro atoms. The van der Waals surface area contributed by atoms with Gasteiger partial charge in [-0.15, -0.1) is 0 Å². The van der Waals surface area contributed by atoms with Gasteiger partial charge in [-0.2, -0.15) is 0 Å². The number of alkyl halides is 1. The highest BCUT2D eigenvalue weighted by Gasteiger charge is 2.34. The molecule has 0 radical (unpaired) electrons. The fraction of sp³-hybridized carbons (Fsp3) is 0.364. The number of hydrogen-bond donors (Lipinski definition) is 0. The Morgan fingerprint density at radius 1 is 1.56 bits per heavy atom. The van der Waals surface area contributed by atoms with Gasteiger partial charge in [0, 0.05) is 18.3 Å². The molecule has 1 aliphatic rings.